The van der Waals surface area contributed by atoms with Gasteiger partial charge in [0.15, 0.2) is 0 Å². The number of benzene rings is 3. The molecule has 3 aromatic rings. The van der Waals surface area contributed by atoms with Gasteiger partial charge >= 0.3 is 0 Å². The first kappa shape index (κ1) is 18.9. The largest absolute Gasteiger partial charge is 0.279 e. The van der Waals surface area contributed by atoms with Crippen LogP contribution in [-0.4, -0.2) is 18.5 Å². The minimum Gasteiger partial charge on any atom is -0.200 e. The molecular formula is C22H19BrN2O2S. The minimum absolute atomic E-state index is 0.248. The lowest BCUT2D eigenvalue weighted by molar-refractivity contribution is 0.371. The second-order valence-corrected chi connectivity index (χ2v) is 9.49. The van der Waals surface area contributed by atoms with E-state index >= 15 is 0 Å². The summed E-state index contributed by atoms with van der Waals surface area (Å²) in [6.07, 6.45) is 0.525. The molecule has 0 radical (unpaired) electrons. The van der Waals surface area contributed by atoms with Crippen LogP contribution in [-0.2, 0) is 10.0 Å². The van der Waals surface area contributed by atoms with Crippen molar-refractivity contribution in [3.63, 3.8) is 0 Å². The van der Waals surface area contributed by atoms with Crippen LogP contribution in [0.4, 0.5) is 0 Å². The zero-order valence-corrected chi connectivity index (χ0v) is 17.7. The highest BCUT2D eigenvalue weighted by atomic mass is 79.9. The fraction of sp³-hybridized carbons (Fsp3) is 0.136. The average molecular weight is 455 g/mol. The zero-order chi connectivity index (χ0) is 19.7. The fourth-order valence-corrected chi connectivity index (χ4v) is 4.96. The molecule has 0 aliphatic carbocycles. The first-order chi connectivity index (χ1) is 13.4. The van der Waals surface area contributed by atoms with Gasteiger partial charge in [-0.05, 0) is 42.3 Å². The van der Waals surface area contributed by atoms with Crippen molar-refractivity contribution < 1.29 is 8.42 Å². The van der Waals surface area contributed by atoms with Crippen LogP contribution in [0.25, 0.3) is 0 Å². The molecule has 0 spiro atoms. The summed E-state index contributed by atoms with van der Waals surface area (Å²) in [7, 11) is -3.77. The summed E-state index contributed by atoms with van der Waals surface area (Å²) in [6, 6.07) is 24.0. The lowest BCUT2D eigenvalue weighted by Gasteiger charge is -2.23. The van der Waals surface area contributed by atoms with Gasteiger partial charge in [-0.3, -0.25) is 0 Å². The van der Waals surface area contributed by atoms with E-state index in [2.05, 4.69) is 21.0 Å². The van der Waals surface area contributed by atoms with Crippen molar-refractivity contribution in [2.75, 3.05) is 0 Å². The molecule has 4 nitrogen and oxygen atoms in total. The van der Waals surface area contributed by atoms with Crippen LogP contribution >= 0.6 is 15.9 Å². The molecular weight excluding hydrogens is 436 g/mol. The molecule has 1 heterocycles. The summed E-state index contributed by atoms with van der Waals surface area (Å²) >= 11 is 3.44. The Morgan fingerprint density at radius 2 is 1.57 bits per heavy atom. The van der Waals surface area contributed by atoms with E-state index in [9.17, 15) is 8.42 Å². The number of nitrogens with zero attached hydrogens (tertiary/aromatic N) is 2. The molecule has 0 aromatic heterocycles. The zero-order valence-electron chi connectivity index (χ0n) is 15.3. The Kier molecular flexibility index (Phi) is 5.08. The molecule has 0 amide bonds. The highest BCUT2D eigenvalue weighted by Crippen LogP contribution is 2.37. The summed E-state index contributed by atoms with van der Waals surface area (Å²) in [5.41, 5.74) is 3.63. The van der Waals surface area contributed by atoms with E-state index in [4.69, 9.17) is 0 Å². The van der Waals surface area contributed by atoms with Gasteiger partial charge in [-0.2, -0.15) is 17.9 Å². The van der Waals surface area contributed by atoms with E-state index in [0.29, 0.717) is 6.42 Å². The van der Waals surface area contributed by atoms with E-state index in [1.165, 1.54) is 4.41 Å². The Morgan fingerprint density at radius 1 is 0.929 bits per heavy atom. The van der Waals surface area contributed by atoms with E-state index < -0.39 is 10.0 Å². The van der Waals surface area contributed by atoms with Crippen LogP contribution in [0.1, 0.15) is 29.2 Å². The number of hydrazone groups is 1. The van der Waals surface area contributed by atoms with Crippen molar-refractivity contribution in [1.29, 1.82) is 0 Å². The second-order valence-electron chi connectivity index (χ2n) is 6.77. The van der Waals surface area contributed by atoms with Crippen LogP contribution in [0.5, 0.6) is 0 Å². The number of halogens is 1. The molecule has 1 aliphatic heterocycles. The molecule has 142 valence electrons. The van der Waals surface area contributed by atoms with Crippen LogP contribution in [0.3, 0.4) is 0 Å². The third-order valence-corrected chi connectivity index (χ3v) is 7.02. The number of sulfonamides is 1. The Balaban J connectivity index is 1.79. The van der Waals surface area contributed by atoms with Gasteiger partial charge in [0.05, 0.1) is 16.6 Å². The highest BCUT2D eigenvalue weighted by molar-refractivity contribution is 9.10. The lowest BCUT2D eigenvalue weighted by Crippen LogP contribution is -2.27. The van der Waals surface area contributed by atoms with Crippen LogP contribution < -0.4 is 0 Å². The highest BCUT2D eigenvalue weighted by Gasteiger charge is 2.37. The molecule has 4 rings (SSSR count). The Bertz CT molecular complexity index is 1110. The molecule has 0 bridgehead atoms. The molecule has 0 N–H and O–H groups in total. The third-order valence-electron chi connectivity index (χ3n) is 4.80. The molecule has 28 heavy (non-hydrogen) atoms. The summed E-state index contributed by atoms with van der Waals surface area (Å²) in [5, 5.41) is 4.56. The van der Waals surface area contributed by atoms with Crippen molar-refractivity contribution in [3.8, 4) is 0 Å². The summed E-state index contributed by atoms with van der Waals surface area (Å²) in [6.45, 7) is 1.93. The number of hydrogen-bond acceptors (Lipinski definition) is 3. The molecule has 0 saturated carbocycles. The SMILES string of the molecule is Cc1ccc(S(=O)(=O)N2N=C(c3ccccc3)C[C@@H]2c2ccc(Br)cc2)cc1. The lowest BCUT2D eigenvalue weighted by atomic mass is 9.99. The summed E-state index contributed by atoms with van der Waals surface area (Å²) in [4.78, 5) is 0.248. The quantitative estimate of drug-likeness (QED) is 0.536. The molecule has 1 atom stereocenters. The first-order valence-electron chi connectivity index (χ1n) is 8.94. The summed E-state index contributed by atoms with van der Waals surface area (Å²) < 4.78 is 29.0. The van der Waals surface area contributed by atoms with Gasteiger partial charge in [0.25, 0.3) is 10.0 Å². The predicted octanol–water partition coefficient (Wildman–Crippen LogP) is 5.30. The van der Waals surface area contributed by atoms with E-state index in [1.807, 2.05) is 61.5 Å². The topological polar surface area (TPSA) is 49.7 Å². The van der Waals surface area contributed by atoms with E-state index in [-0.39, 0.29) is 10.9 Å². The van der Waals surface area contributed by atoms with E-state index in [1.54, 1.807) is 24.3 Å². The van der Waals surface area contributed by atoms with Gasteiger partial charge in [-0.25, -0.2) is 0 Å². The Hall–Kier alpha value is -2.44. The van der Waals surface area contributed by atoms with Gasteiger partial charge in [0.2, 0.25) is 0 Å². The molecule has 0 unspecified atom stereocenters. The van der Waals surface area contributed by atoms with Crippen molar-refractivity contribution in [2.24, 2.45) is 5.10 Å². The molecule has 3 aromatic carbocycles. The van der Waals surface area contributed by atoms with Crippen LogP contribution in [0.15, 0.2) is 93.3 Å². The number of hydrogen-bond donors (Lipinski definition) is 0. The molecule has 6 heteroatoms. The maximum Gasteiger partial charge on any atom is 0.279 e. The molecule has 0 fully saturated rings. The monoisotopic (exact) mass is 454 g/mol. The first-order valence-corrected chi connectivity index (χ1v) is 11.2. The van der Waals surface area contributed by atoms with Gasteiger partial charge in [-0.1, -0.05) is 76.1 Å². The predicted molar refractivity (Wildman–Crippen MR) is 115 cm³/mol. The van der Waals surface area contributed by atoms with Crippen LogP contribution in [0.2, 0.25) is 0 Å². The smallest absolute Gasteiger partial charge is 0.200 e. The number of aryl methyl sites for hydroxylation is 1. The Morgan fingerprint density at radius 3 is 2.21 bits per heavy atom. The van der Waals surface area contributed by atoms with Gasteiger partial charge in [-0.15, -0.1) is 0 Å². The number of rotatable bonds is 4. The molecule has 1 aliphatic rings. The maximum absolute atomic E-state index is 13.4. The van der Waals surface area contributed by atoms with Crippen molar-refractivity contribution in [2.45, 2.75) is 24.3 Å². The second kappa shape index (κ2) is 7.53. The molecule has 0 saturated heterocycles. The van der Waals surface area contributed by atoms with Gasteiger partial charge in [0.1, 0.15) is 0 Å². The van der Waals surface area contributed by atoms with E-state index in [0.717, 1.165) is 26.9 Å². The van der Waals surface area contributed by atoms with Crippen LogP contribution in [0, 0.1) is 6.92 Å². The fourth-order valence-electron chi connectivity index (χ4n) is 3.27. The van der Waals surface area contributed by atoms with Crippen molar-refractivity contribution in [3.05, 3.63) is 100 Å². The van der Waals surface area contributed by atoms with Crippen molar-refractivity contribution >= 4 is 31.7 Å². The maximum atomic E-state index is 13.4. The Labute approximate surface area is 173 Å². The average Bonchev–Trinajstić information content (AvgIpc) is 3.16. The minimum atomic E-state index is -3.77. The summed E-state index contributed by atoms with van der Waals surface area (Å²) in [5.74, 6) is 0. The standard InChI is InChI=1S/C22H19BrN2O2S/c1-16-7-13-20(14-8-16)28(26,27)25-22(18-9-11-19(23)12-10-18)15-21(24-25)17-5-3-2-4-6-17/h2-14,22H,15H2,1H3/t22-/m1/s1. The van der Waals surface area contributed by atoms with Gasteiger partial charge in [0, 0.05) is 10.9 Å². The van der Waals surface area contributed by atoms with Gasteiger partial charge < -0.3 is 0 Å². The normalized spacial score (nSPS) is 16.9. The third kappa shape index (κ3) is 3.62. The van der Waals surface area contributed by atoms with Crippen molar-refractivity contribution in [1.82, 2.24) is 4.41 Å².